The molecule has 0 aliphatic heterocycles. The molecule has 0 aromatic rings. The van der Waals surface area contributed by atoms with Crippen LogP contribution in [0, 0.1) is 0 Å². The summed E-state index contributed by atoms with van der Waals surface area (Å²) in [5, 5.41) is 0. The molecule has 0 spiro atoms. The van der Waals surface area contributed by atoms with Gasteiger partial charge in [-0.25, -0.2) is 0 Å². The molecular weight excluding hydrogens is 111 g/mol. The molecule has 0 amide bonds. The Morgan fingerprint density at radius 1 is 0.500 bits per heavy atom. The molecule has 0 saturated heterocycles. The predicted octanol–water partition coefficient (Wildman–Crippen LogP) is -13.6. The van der Waals surface area contributed by atoms with Gasteiger partial charge in [-0.05, 0) is 0 Å². The van der Waals surface area contributed by atoms with Crippen molar-refractivity contribution in [2.75, 3.05) is 0 Å². The van der Waals surface area contributed by atoms with Gasteiger partial charge in [-0.15, -0.1) is 0 Å². The average Bonchev–Trinajstić information content (AvgIpc) is 0. The standard InChI is InChI=1S/Al.5BH4.Li.Na/h;5*1H4;;/q+3;5*-1;2*+1. The Morgan fingerprint density at radius 2 is 0.500 bits per heavy atom. The third-order valence-corrected chi connectivity index (χ3v) is 0. The van der Waals surface area contributed by atoms with Crippen LogP contribution in [-0.2, 0) is 0 Å². The van der Waals surface area contributed by atoms with Crippen LogP contribution in [0.4, 0.5) is 0 Å². The van der Waals surface area contributed by atoms with Crippen LogP contribution in [0.1, 0.15) is 0 Å². The predicted molar refractivity (Wildman–Crippen MR) is 62.4 cm³/mol. The minimum Gasteiger partial charge on any atom is -0.0626 e. The summed E-state index contributed by atoms with van der Waals surface area (Å²) in [4.78, 5) is 0. The zero-order valence-electron chi connectivity index (χ0n) is 2.58. The van der Waals surface area contributed by atoms with Crippen molar-refractivity contribution in [3.05, 3.63) is 0 Å². The first-order chi connectivity index (χ1) is 0. The first kappa shape index (κ1) is 155. The van der Waals surface area contributed by atoms with Gasteiger partial charge in [-0.2, -0.15) is 0 Å². The summed E-state index contributed by atoms with van der Waals surface area (Å²) in [6, 6.07) is 0. The molecule has 0 unspecified atom stereocenters. The molecule has 0 radical (unpaired) electrons. The first-order valence-electron chi connectivity index (χ1n) is 0. The van der Waals surface area contributed by atoms with Gasteiger partial charge in [0.15, 0.2) is 0 Å². The summed E-state index contributed by atoms with van der Waals surface area (Å²) >= 11 is 0. The van der Waals surface area contributed by atoms with Crippen molar-refractivity contribution >= 4 is 59.4 Å². The SMILES string of the molecule is [Al+3].[BH4-].[BH4-].[BH4-].[BH4-].[BH4-].[Li+].[Na+]. The van der Waals surface area contributed by atoms with Crippen molar-refractivity contribution in [3.8, 4) is 0 Å². The van der Waals surface area contributed by atoms with Gasteiger partial charge < -0.3 is 0 Å². The Kier molecular flexibility index (Phi) is 2170. The van der Waals surface area contributed by atoms with E-state index < -0.39 is 0 Å². The molecule has 0 aromatic carbocycles. The molecule has 8 heavy (non-hydrogen) atoms. The van der Waals surface area contributed by atoms with E-state index in [0.29, 0.717) is 0 Å². The fraction of sp³-hybridized carbons (Fsp3) is 0. The summed E-state index contributed by atoms with van der Waals surface area (Å²) < 4.78 is 0. The maximum atomic E-state index is 0. The summed E-state index contributed by atoms with van der Waals surface area (Å²) in [6.45, 7) is 0. The van der Waals surface area contributed by atoms with Crippen molar-refractivity contribution in [2.24, 2.45) is 0 Å². The second kappa shape index (κ2) is 112. The summed E-state index contributed by atoms with van der Waals surface area (Å²) in [6.07, 6.45) is 0. The van der Waals surface area contributed by atoms with Crippen LogP contribution in [0.25, 0.3) is 0 Å². The fourth-order valence-corrected chi connectivity index (χ4v) is 0. The van der Waals surface area contributed by atoms with Crippen LogP contribution in [-0.4, -0.2) is 59.4 Å². The zero-order valence-corrected chi connectivity index (χ0v) is 5.73. The van der Waals surface area contributed by atoms with E-state index in [1.54, 1.807) is 0 Å². The normalized spacial score (nSPS) is 0. The van der Waals surface area contributed by atoms with Crippen LogP contribution >= 0.6 is 0 Å². The fourth-order valence-electron chi connectivity index (χ4n) is 0. The van der Waals surface area contributed by atoms with Gasteiger partial charge >= 0.3 is 65.8 Å². The van der Waals surface area contributed by atoms with E-state index in [1.807, 2.05) is 0 Å². The van der Waals surface area contributed by atoms with E-state index in [9.17, 15) is 0 Å². The molecule has 8 heteroatoms. The molecule has 0 N–H and O–H groups in total. The van der Waals surface area contributed by atoms with Gasteiger partial charge in [-0.3, -0.25) is 0 Å². The van der Waals surface area contributed by atoms with Crippen molar-refractivity contribution in [3.63, 3.8) is 0 Å². The number of hydrogen-bond acceptors (Lipinski definition) is 0. The third kappa shape index (κ3) is 78.0. The van der Waals surface area contributed by atoms with Crippen molar-refractivity contribution in [1.29, 1.82) is 0 Å². The smallest absolute Gasteiger partial charge is 0.0626 e. The molecule has 0 saturated carbocycles. The van der Waals surface area contributed by atoms with Crippen LogP contribution < -0.4 is 48.4 Å². The molecule has 0 heterocycles. The zero-order chi connectivity index (χ0) is 0. The van der Waals surface area contributed by atoms with Crippen molar-refractivity contribution in [2.45, 2.75) is 0 Å². The van der Waals surface area contributed by atoms with Gasteiger partial charge in [-0.1, -0.05) is 42.1 Å². The van der Waals surface area contributed by atoms with Crippen LogP contribution in [0.3, 0.4) is 0 Å². The summed E-state index contributed by atoms with van der Waals surface area (Å²) in [5.74, 6) is 0. The largest absolute Gasteiger partial charge is 3.00 e. The maximum absolute atomic E-state index is 0. The Morgan fingerprint density at radius 3 is 0.500 bits per heavy atom. The molecule has 40 valence electrons. The summed E-state index contributed by atoms with van der Waals surface area (Å²) in [7, 11) is 0. The molecule has 0 fully saturated rings. The van der Waals surface area contributed by atoms with Gasteiger partial charge in [0.05, 0.1) is 0 Å². The Hall–Kier alpha value is 2.45. The Labute approximate surface area is 107 Å². The minimum absolute atomic E-state index is 0. The first-order valence-corrected chi connectivity index (χ1v) is 0. The van der Waals surface area contributed by atoms with E-state index in [4.69, 9.17) is 0 Å². The van der Waals surface area contributed by atoms with Crippen molar-refractivity contribution < 1.29 is 48.4 Å². The van der Waals surface area contributed by atoms with E-state index in [1.165, 1.54) is 0 Å². The maximum Gasteiger partial charge on any atom is 3.00 e. The van der Waals surface area contributed by atoms with Gasteiger partial charge in [0.1, 0.15) is 0 Å². The molecule has 0 atom stereocenters. The van der Waals surface area contributed by atoms with E-state index in [2.05, 4.69) is 0 Å². The molecule has 0 aliphatic rings. The molecule has 0 bridgehead atoms. The molecule has 0 rings (SSSR count). The van der Waals surface area contributed by atoms with Gasteiger partial charge in [0.2, 0.25) is 0 Å². The second-order valence-corrected chi connectivity index (χ2v) is 0. The average molecular weight is 131 g/mol. The monoisotopic (exact) mass is 132 g/mol. The van der Waals surface area contributed by atoms with E-state index in [0.717, 1.165) is 0 Å². The Bertz CT molecular complexity index is 12.4. The Balaban J connectivity index is 0. The van der Waals surface area contributed by atoms with E-state index >= 15 is 0 Å². The topological polar surface area (TPSA) is 0 Å². The quantitative estimate of drug-likeness (QED) is 0.286. The molecule has 0 aromatic heterocycles. The van der Waals surface area contributed by atoms with Crippen LogP contribution in [0.2, 0.25) is 0 Å². The molecular formula is H20AlB5LiNa. The summed E-state index contributed by atoms with van der Waals surface area (Å²) in [5.41, 5.74) is 0. The minimum atomic E-state index is 0. The molecule has 0 aliphatic carbocycles. The third-order valence-electron chi connectivity index (χ3n) is 0. The van der Waals surface area contributed by atoms with Crippen LogP contribution in [0.15, 0.2) is 0 Å². The van der Waals surface area contributed by atoms with Gasteiger partial charge in [0.25, 0.3) is 0 Å². The number of hydrogen-bond donors (Lipinski definition) is 0. The molecule has 0 nitrogen and oxygen atoms in total. The van der Waals surface area contributed by atoms with Gasteiger partial charge in [0, 0.05) is 0 Å². The number of rotatable bonds is 0. The van der Waals surface area contributed by atoms with Crippen LogP contribution in [0.5, 0.6) is 0 Å². The van der Waals surface area contributed by atoms with Crippen molar-refractivity contribution in [1.82, 2.24) is 0 Å². The second-order valence-electron chi connectivity index (χ2n) is 0. The van der Waals surface area contributed by atoms with E-state index in [-0.39, 0.29) is 108 Å².